The largest absolute Gasteiger partial charge is 0.416 e. The Labute approximate surface area is 133 Å². The number of rotatable bonds is 6. The first kappa shape index (κ1) is 15.1. The fourth-order valence-electron chi connectivity index (χ4n) is 2.72. The normalized spacial score (nSPS) is 20.0. The van der Waals surface area contributed by atoms with Gasteiger partial charge in [0.1, 0.15) is 0 Å². The molecule has 3 rings (SSSR count). The summed E-state index contributed by atoms with van der Waals surface area (Å²) in [5, 5.41) is 11.0. The molecule has 0 aromatic carbocycles. The van der Waals surface area contributed by atoms with Crippen LogP contribution in [0.5, 0.6) is 0 Å². The molecule has 1 saturated heterocycles. The molecule has 21 heavy (non-hydrogen) atoms. The van der Waals surface area contributed by atoms with E-state index in [0.29, 0.717) is 5.22 Å². The number of thiophene rings is 1. The van der Waals surface area contributed by atoms with Crippen molar-refractivity contribution in [3.63, 3.8) is 0 Å². The van der Waals surface area contributed by atoms with E-state index in [-0.39, 0.29) is 0 Å². The second kappa shape index (κ2) is 7.42. The summed E-state index contributed by atoms with van der Waals surface area (Å²) in [6.07, 6.45) is 5.98. The minimum Gasteiger partial charge on any atom is -0.416 e. The Balaban J connectivity index is 1.44. The van der Waals surface area contributed by atoms with Crippen molar-refractivity contribution < 1.29 is 4.42 Å². The molecular weight excluding hydrogens is 302 g/mol. The van der Waals surface area contributed by atoms with Crippen molar-refractivity contribution in [3.8, 4) is 0 Å². The van der Waals surface area contributed by atoms with Crippen LogP contribution in [0.15, 0.2) is 27.2 Å². The van der Waals surface area contributed by atoms with Gasteiger partial charge in [-0.25, -0.2) is 0 Å². The van der Waals surface area contributed by atoms with Gasteiger partial charge in [0.25, 0.3) is 5.22 Å². The maximum Gasteiger partial charge on any atom is 0.276 e. The number of piperidine rings is 1. The van der Waals surface area contributed by atoms with Crippen LogP contribution in [0, 0.1) is 0 Å². The zero-order chi connectivity index (χ0) is 14.5. The van der Waals surface area contributed by atoms with Crippen LogP contribution in [-0.4, -0.2) is 40.5 Å². The monoisotopic (exact) mass is 323 g/mol. The van der Waals surface area contributed by atoms with E-state index in [0.717, 1.165) is 24.1 Å². The molecule has 0 amide bonds. The minimum atomic E-state index is 0.708. The second-order valence-corrected chi connectivity index (χ2v) is 7.56. The molecule has 0 saturated carbocycles. The van der Waals surface area contributed by atoms with Crippen LogP contribution < -0.4 is 0 Å². The van der Waals surface area contributed by atoms with Gasteiger partial charge in [-0.15, -0.1) is 21.5 Å². The highest BCUT2D eigenvalue weighted by atomic mass is 32.2. The predicted octanol–water partition coefficient (Wildman–Crippen LogP) is 3.69. The van der Waals surface area contributed by atoms with E-state index in [9.17, 15) is 0 Å². The van der Waals surface area contributed by atoms with Crippen LogP contribution >= 0.6 is 23.1 Å². The molecule has 0 bridgehead atoms. The summed E-state index contributed by atoms with van der Waals surface area (Å²) >= 11 is 3.41. The Morgan fingerprint density at radius 3 is 3.19 bits per heavy atom. The molecule has 2 aromatic rings. The maximum absolute atomic E-state index is 5.71. The lowest BCUT2D eigenvalue weighted by atomic mass is 10.0. The predicted molar refractivity (Wildman–Crippen MR) is 87.0 cm³/mol. The lowest BCUT2D eigenvalue weighted by molar-refractivity contribution is 0.182. The third kappa shape index (κ3) is 4.31. The Hall–Kier alpha value is -0.850. The van der Waals surface area contributed by atoms with Crippen LogP contribution in [0.3, 0.4) is 0 Å². The Morgan fingerprint density at radius 1 is 1.43 bits per heavy atom. The molecule has 114 valence electrons. The molecule has 6 heteroatoms. The van der Waals surface area contributed by atoms with Gasteiger partial charge in [-0.3, -0.25) is 0 Å². The molecule has 0 radical (unpaired) electrons. The molecule has 0 aliphatic carbocycles. The van der Waals surface area contributed by atoms with Gasteiger partial charge < -0.3 is 9.32 Å². The molecule has 3 heterocycles. The summed E-state index contributed by atoms with van der Waals surface area (Å²) in [6.45, 7) is 1.24. The van der Waals surface area contributed by atoms with Crippen LogP contribution in [0.25, 0.3) is 0 Å². The SMILES string of the molecule is CN1CCCC[C@H]1CCSc1nnc(Cc2cccs2)o1. The zero-order valence-corrected chi connectivity index (χ0v) is 14.0. The standard InChI is InChI=1S/C15H21N3OS2/c1-18-8-3-2-5-12(18)7-10-21-15-17-16-14(19-15)11-13-6-4-9-20-13/h4,6,9,12H,2-3,5,7-8,10-11H2,1H3/t12-/m0/s1. The molecule has 4 nitrogen and oxygen atoms in total. The summed E-state index contributed by atoms with van der Waals surface area (Å²) in [5.41, 5.74) is 0. The van der Waals surface area contributed by atoms with Crippen molar-refractivity contribution in [2.75, 3.05) is 19.3 Å². The summed E-state index contributed by atoms with van der Waals surface area (Å²) in [7, 11) is 2.24. The number of nitrogens with zero attached hydrogens (tertiary/aromatic N) is 3. The summed E-state index contributed by atoms with van der Waals surface area (Å²) in [4.78, 5) is 3.75. The van der Waals surface area contributed by atoms with Crippen molar-refractivity contribution in [1.82, 2.24) is 15.1 Å². The summed E-state index contributed by atoms with van der Waals surface area (Å²) < 4.78 is 5.71. The van der Waals surface area contributed by atoms with Crippen LogP contribution in [0.1, 0.15) is 36.5 Å². The minimum absolute atomic E-state index is 0.708. The van der Waals surface area contributed by atoms with E-state index in [1.54, 1.807) is 23.1 Å². The highest BCUT2D eigenvalue weighted by Crippen LogP contribution is 2.24. The van der Waals surface area contributed by atoms with Gasteiger partial charge in [0.2, 0.25) is 5.89 Å². The van der Waals surface area contributed by atoms with Crippen molar-refractivity contribution in [3.05, 3.63) is 28.3 Å². The van der Waals surface area contributed by atoms with Crippen LogP contribution in [-0.2, 0) is 6.42 Å². The zero-order valence-electron chi connectivity index (χ0n) is 12.3. The quantitative estimate of drug-likeness (QED) is 0.759. The van der Waals surface area contributed by atoms with Crippen LogP contribution in [0.4, 0.5) is 0 Å². The first-order valence-electron chi connectivity index (χ1n) is 7.49. The fraction of sp³-hybridized carbons (Fsp3) is 0.600. The summed E-state index contributed by atoms with van der Waals surface area (Å²) in [5.74, 6) is 1.77. The lowest BCUT2D eigenvalue weighted by Crippen LogP contribution is -2.36. The number of thioether (sulfide) groups is 1. The number of hydrogen-bond donors (Lipinski definition) is 0. The average molecular weight is 323 g/mol. The van der Waals surface area contributed by atoms with E-state index < -0.39 is 0 Å². The van der Waals surface area contributed by atoms with E-state index >= 15 is 0 Å². The van der Waals surface area contributed by atoms with Crippen molar-refractivity contribution in [2.24, 2.45) is 0 Å². The van der Waals surface area contributed by atoms with Gasteiger partial charge in [0.05, 0.1) is 6.42 Å². The van der Waals surface area contributed by atoms with Crippen molar-refractivity contribution in [1.29, 1.82) is 0 Å². The molecule has 0 spiro atoms. The summed E-state index contributed by atoms with van der Waals surface area (Å²) in [6, 6.07) is 4.87. The van der Waals surface area contributed by atoms with Crippen LogP contribution in [0.2, 0.25) is 0 Å². The Bertz CT molecular complexity index is 541. The highest BCUT2D eigenvalue weighted by molar-refractivity contribution is 7.99. The third-order valence-electron chi connectivity index (χ3n) is 3.95. The van der Waals surface area contributed by atoms with E-state index in [1.165, 1.54) is 37.1 Å². The molecule has 0 unspecified atom stereocenters. The van der Waals surface area contributed by atoms with Gasteiger partial charge in [-0.05, 0) is 44.3 Å². The van der Waals surface area contributed by atoms with Gasteiger partial charge in [0, 0.05) is 16.7 Å². The molecule has 0 N–H and O–H groups in total. The maximum atomic E-state index is 5.71. The first-order valence-corrected chi connectivity index (χ1v) is 9.35. The highest BCUT2D eigenvalue weighted by Gasteiger charge is 2.18. The lowest BCUT2D eigenvalue weighted by Gasteiger charge is -2.32. The van der Waals surface area contributed by atoms with Crippen molar-refractivity contribution in [2.45, 2.75) is 43.4 Å². The molecule has 1 aliphatic rings. The Morgan fingerprint density at radius 2 is 2.38 bits per heavy atom. The fourth-order valence-corrected chi connectivity index (χ4v) is 4.24. The van der Waals surface area contributed by atoms with Crippen molar-refractivity contribution >= 4 is 23.1 Å². The van der Waals surface area contributed by atoms with E-state index in [4.69, 9.17) is 4.42 Å². The second-order valence-electron chi connectivity index (χ2n) is 5.49. The van der Waals surface area contributed by atoms with E-state index in [1.807, 2.05) is 6.07 Å². The molecule has 2 aromatic heterocycles. The third-order valence-corrected chi connectivity index (χ3v) is 5.68. The van der Waals surface area contributed by atoms with Gasteiger partial charge in [-0.2, -0.15) is 0 Å². The van der Waals surface area contributed by atoms with Gasteiger partial charge in [0.15, 0.2) is 0 Å². The number of likely N-dealkylation sites (tertiary alicyclic amines) is 1. The molecule has 1 fully saturated rings. The Kier molecular flexibility index (Phi) is 5.32. The topological polar surface area (TPSA) is 42.2 Å². The smallest absolute Gasteiger partial charge is 0.276 e. The number of aromatic nitrogens is 2. The number of hydrogen-bond acceptors (Lipinski definition) is 6. The van der Waals surface area contributed by atoms with E-state index in [2.05, 4.69) is 33.6 Å². The first-order chi connectivity index (χ1) is 10.3. The molecular formula is C15H21N3OS2. The average Bonchev–Trinajstić information content (AvgIpc) is 3.14. The molecule has 1 aliphatic heterocycles. The van der Waals surface area contributed by atoms with Gasteiger partial charge in [-0.1, -0.05) is 24.2 Å². The molecule has 1 atom stereocenters. The van der Waals surface area contributed by atoms with Gasteiger partial charge >= 0.3 is 0 Å².